The third kappa shape index (κ3) is 1.33. The Morgan fingerprint density at radius 3 is 2.85 bits per heavy atom. The number of allylic oxidation sites excluding steroid dienone is 1. The molecule has 1 aromatic carbocycles. The monoisotopic (exact) mass is 188 g/mol. The molecule has 1 heterocycles. The highest BCUT2D eigenvalue weighted by molar-refractivity contribution is 7.57. The lowest BCUT2D eigenvalue weighted by molar-refractivity contribution is 1.13. The van der Waals surface area contributed by atoms with E-state index in [-0.39, 0.29) is 0 Å². The highest BCUT2D eigenvalue weighted by atomic mass is 32.1. The lowest BCUT2D eigenvalue weighted by atomic mass is 10.2. The Morgan fingerprint density at radius 1 is 1.38 bits per heavy atom. The zero-order chi connectivity index (χ0) is 9.26. The van der Waals surface area contributed by atoms with Crippen molar-refractivity contribution in [1.29, 1.82) is 0 Å². The van der Waals surface area contributed by atoms with Crippen LogP contribution in [0.1, 0.15) is 5.69 Å². The molecule has 13 heavy (non-hydrogen) atoms. The fourth-order valence-corrected chi connectivity index (χ4v) is 1.77. The Labute approximate surface area is 83.2 Å². The minimum atomic E-state index is 0.832. The van der Waals surface area contributed by atoms with Crippen LogP contribution >= 0.6 is 0 Å². The molecule has 0 saturated heterocycles. The summed E-state index contributed by atoms with van der Waals surface area (Å²) in [7, 11) is 0. The van der Waals surface area contributed by atoms with Crippen molar-refractivity contribution in [1.82, 2.24) is 3.97 Å². The van der Waals surface area contributed by atoms with E-state index in [1.165, 1.54) is 5.39 Å². The van der Waals surface area contributed by atoms with E-state index >= 15 is 0 Å². The van der Waals surface area contributed by atoms with Gasteiger partial charge >= 0.3 is 0 Å². The van der Waals surface area contributed by atoms with Crippen LogP contribution in [0, 0.1) is 0 Å². The Bertz CT molecular complexity index is 442. The molecule has 2 rings (SSSR count). The van der Waals surface area contributed by atoms with Gasteiger partial charge in [-0.25, -0.2) is 0 Å². The fraction of sp³-hybridized carbons (Fsp3) is 0.0909. The minimum absolute atomic E-state index is 0.832. The number of para-hydroxylation sites is 1. The van der Waals surface area contributed by atoms with Crippen LogP contribution in [0.15, 0.2) is 43.0 Å². The number of hydrogen-bond donors (Lipinski definition) is 0. The predicted molar refractivity (Wildman–Crippen MR) is 58.6 cm³/mol. The van der Waals surface area contributed by atoms with Gasteiger partial charge in [-0.05, 0) is 17.5 Å². The molecule has 0 saturated carbocycles. The average molecular weight is 188 g/mol. The van der Waals surface area contributed by atoms with Gasteiger partial charge in [0.05, 0.1) is 0 Å². The molecule has 0 N–H and O–H groups in total. The summed E-state index contributed by atoms with van der Waals surface area (Å²) < 4.78 is 1.80. The van der Waals surface area contributed by atoms with Gasteiger partial charge in [-0.3, -0.25) is 0 Å². The summed E-state index contributed by atoms with van der Waals surface area (Å²) in [6.45, 7) is 3.71. The van der Waals surface area contributed by atoms with Gasteiger partial charge in [0.1, 0.15) is 0 Å². The van der Waals surface area contributed by atoms with Crippen LogP contribution in [0.4, 0.5) is 0 Å². The van der Waals surface area contributed by atoms with Crippen molar-refractivity contribution in [3.63, 3.8) is 0 Å². The summed E-state index contributed by atoms with van der Waals surface area (Å²) in [6.07, 6.45) is 2.70. The number of benzene rings is 1. The van der Waals surface area contributed by atoms with Gasteiger partial charge in [-0.2, -0.15) is 0 Å². The first-order valence-corrected chi connectivity index (χ1v) is 4.57. The largest absolute Gasteiger partial charge is 0.687 e. The van der Waals surface area contributed by atoms with Crippen LogP contribution in [0.5, 0.6) is 0 Å². The predicted octanol–water partition coefficient (Wildman–Crippen LogP) is 2.68. The van der Waals surface area contributed by atoms with Gasteiger partial charge in [-0.15, -0.1) is 6.58 Å². The van der Waals surface area contributed by atoms with Crippen molar-refractivity contribution in [3.8, 4) is 0 Å². The molecule has 2 aromatic rings. The van der Waals surface area contributed by atoms with E-state index in [0.717, 1.165) is 17.6 Å². The summed E-state index contributed by atoms with van der Waals surface area (Å²) in [5, 5.41) is 1.20. The van der Waals surface area contributed by atoms with Crippen molar-refractivity contribution in [2.24, 2.45) is 0 Å². The molecule has 0 aliphatic carbocycles. The molecule has 0 amide bonds. The summed E-state index contributed by atoms with van der Waals surface area (Å²) in [5.41, 5.74) is 2.24. The molecule has 2 heteroatoms. The van der Waals surface area contributed by atoms with Crippen molar-refractivity contribution in [2.45, 2.75) is 6.42 Å². The van der Waals surface area contributed by atoms with E-state index in [1.807, 2.05) is 24.3 Å². The summed E-state index contributed by atoms with van der Waals surface area (Å²) in [4.78, 5) is 0. The number of aromatic nitrogens is 1. The Kier molecular flexibility index (Phi) is 2.07. The molecule has 0 radical (unpaired) electrons. The number of rotatable bonds is 2. The summed E-state index contributed by atoms with van der Waals surface area (Å²) in [6, 6.07) is 10.3. The van der Waals surface area contributed by atoms with E-state index in [4.69, 9.17) is 12.8 Å². The Balaban J connectivity index is 2.66. The maximum absolute atomic E-state index is 5.26. The van der Waals surface area contributed by atoms with Gasteiger partial charge in [0.2, 0.25) is 0 Å². The molecule has 0 aliphatic rings. The van der Waals surface area contributed by atoms with Crippen molar-refractivity contribution in [3.05, 3.63) is 48.7 Å². The normalized spacial score (nSPS) is 10.5. The number of nitrogens with zero attached hydrogens (tertiary/aromatic N) is 1. The van der Waals surface area contributed by atoms with Crippen LogP contribution in [-0.4, -0.2) is 3.97 Å². The molecule has 1 aromatic heterocycles. The van der Waals surface area contributed by atoms with E-state index in [0.29, 0.717) is 0 Å². The molecule has 0 fully saturated rings. The molecule has 0 aliphatic heterocycles. The van der Waals surface area contributed by atoms with Gasteiger partial charge in [0.15, 0.2) is 0 Å². The number of fused-ring (bicyclic) bond motifs is 1. The molecule has 0 atom stereocenters. The maximum Gasteiger partial charge on any atom is 0.0289 e. The van der Waals surface area contributed by atoms with Gasteiger partial charge in [0, 0.05) is 17.6 Å². The van der Waals surface area contributed by atoms with E-state index in [1.54, 1.807) is 3.97 Å². The molecule has 0 bridgehead atoms. The van der Waals surface area contributed by atoms with Crippen molar-refractivity contribution in [2.75, 3.05) is 0 Å². The zero-order valence-electron chi connectivity index (χ0n) is 7.23. The molecule has 1 nitrogen and oxygen atoms in total. The fourth-order valence-electron chi connectivity index (χ4n) is 1.48. The van der Waals surface area contributed by atoms with Crippen LogP contribution in [0.2, 0.25) is 0 Å². The van der Waals surface area contributed by atoms with Gasteiger partial charge < -0.3 is 16.8 Å². The molecular formula is C11H10NS-. The quantitative estimate of drug-likeness (QED) is 0.518. The minimum Gasteiger partial charge on any atom is -0.687 e. The second-order valence-corrected chi connectivity index (χ2v) is 3.35. The highest BCUT2D eigenvalue weighted by Gasteiger charge is 1.98. The number of hydrogen-bond acceptors (Lipinski definition) is 1. The van der Waals surface area contributed by atoms with Crippen LogP contribution in [0.25, 0.3) is 10.9 Å². The standard InChI is InChI=1S/C11H10NS/c1-2-5-10-8-9-6-3-4-7-11(9)12(10)13/h2-4,6-8H,1,5H2/q-1. The summed E-state index contributed by atoms with van der Waals surface area (Å²) in [5.74, 6) is 0. The SMILES string of the molecule is C=CCc1cc2ccccc2n1[S-]. The Hall–Kier alpha value is -1.28. The van der Waals surface area contributed by atoms with Gasteiger partial charge in [0.25, 0.3) is 0 Å². The van der Waals surface area contributed by atoms with Crippen molar-refractivity contribution < 1.29 is 0 Å². The lowest BCUT2D eigenvalue weighted by Gasteiger charge is -2.13. The smallest absolute Gasteiger partial charge is 0.0289 e. The first kappa shape index (κ1) is 8.32. The van der Waals surface area contributed by atoms with Crippen LogP contribution in [0.3, 0.4) is 0 Å². The van der Waals surface area contributed by atoms with E-state index in [9.17, 15) is 0 Å². The van der Waals surface area contributed by atoms with E-state index < -0.39 is 0 Å². The van der Waals surface area contributed by atoms with Crippen molar-refractivity contribution >= 4 is 23.7 Å². The zero-order valence-corrected chi connectivity index (χ0v) is 8.05. The second kappa shape index (κ2) is 3.23. The molecule has 0 spiro atoms. The van der Waals surface area contributed by atoms with E-state index in [2.05, 4.69) is 18.7 Å². The summed E-state index contributed by atoms with van der Waals surface area (Å²) >= 11 is 5.26. The van der Waals surface area contributed by atoms with Crippen LogP contribution in [-0.2, 0) is 19.2 Å². The molecule has 66 valence electrons. The Morgan fingerprint density at radius 2 is 2.15 bits per heavy atom. The van der Waals surface area contributed by atoms with Crippen LogP contribution < -0.4 is 0 Å². The first-order chi connectivity index (χ1) is 6.33. The molecular weight excluding hydrogens is 178 g/mol. The average Bonchev–Trinajstić information content (AvgIpc) is 2.46. The third-order valence-corrected chi connectivity index (χ3v) is 2.52. The topological polar surface area (TPSA) is 4.93 Å². The highest BCUT2D eigenvalue weighted by Crippen LogP contribution is 2.18. The maximum atomic E-state index is 5.26. The lowest BCUT2D eigenvalue weighted by Crippen LogP contribution is -1.91. The first-order valence-electron chi connectivity index (χ1n) is 4.20. The second-order valence-electron chi connectivity index (χ2n) is 2.98. The third-order valence-electron chi connectivity index (χ3n) is 2.09. The molecule has 0 unspecified atom stereocenters. The van der Waals surface area contributed by atoms with Gasteiger partial charge in [-0.1, -0.05) is 24.3 Å².